The van der Waals surface area contributed by atoms with Gasteiger partial charge < -0.3 is 4.74 Å². The lowest BCUT2D eigenvalue weighted by Crippen LogP contribution is -2.33. The number of allylic oxidation sites excluding steroid dienone is 1. The van der Waals surface area contributed by atoms with Crippen molar-refractivity contribution < 1.29 is 19.1 Å². The lowest BCUT2D eigenvalue weighted by atomic mass is 10.1. The average molecular weight is 321 g/mol. The monoisotopic (exact) mass is 321 g/mol. The normalized spacial score (nSPS) is 13.9. The van der Waals surface area contributed by atoms with Gasteiger partial charge in [-0.05, 0) is 24.6 Å². The van der Waals surface area contributed by atoms with Crippen LogP contribution in [0.1, 0.15) is 33.2 Å². The zero-order chi connectivity index (χ0) is 17.1. The summed E-state index contributed by atoms with van der Waals surface area (Å²) in [7, 11) is 0. The molecule has 0 saturated carbocycles. The van der Waals surface area contributed by atoms with Gasteiger partial charge in [0.1, 0.15) is 12.3 Å². The van der Waals surface area contributed by atoms with Gasteiger partial charge in [-0.3, -0.25) is 9.59 Å². The van der Waals surface area contributed by atoms with Gasteiger partial charge >= 0.3 is 5.97 Å². The summed E-state index contributed by atoms with van der Waals surface area (Å²) < 4.78 is 5.24. The molecule has 1 aliphatic rings. The Balaban J connectivity index is 1.79. The fourth-order valence-electron chi connectivity index (χ4n) is 2.54. The van der Waals surface area contributed by atoms with E-state index in [4.69, 9.17) is 4.74 Å². The fraction of sp³-hybridized carbons (Fsp3) is 0.105. The maximum absolute atomic E-state index is 12.4. The quantitative estimate of drug-likeness (QED) is 0.493. The Morgan fingerprint density at radius 1 is 0.958 bits per heavy atom. The van der Waals surface area contributed by atoms with Crippen LogP contribution in [0.3, 0.4) is 0 Å². The second-order valence-electron chi connectivity index (χ2n) is 5.23. The molecule has 2 aromatic rings. The predicted molar refractivity (Wildman–Crippen MR) is 86.9 cm³/mol. The number of hydrogen-bond donors (Lipinski definition) is 0. The molecule has 2 aromatic carbocycles. The highest BCUT2D eigenvalue weighted by Gasteiger charge is 2.39. The molecule has 0 N–H and O–H groups in total. The van der Waals surface area contributed by atoms with Crippen molar-refractivity contribution in [3.8, 4) is 0 Å². The number of carbonyl (C=O) groups is 3. The molecule has 120 valence electrons. The van der Waals surface area contributed by atoms with E-state index in [0.29, 0.717) is 0 Å². The molecule has 2 amide bonds. The van der Waals surface area contributed by atoms with Crippen molar-refractivity contribution in [3.63, 3.8) is 0 Å². The van der Waals surface area contributed by atoms with Gasteiger partial charge in [-0.2, -0.15) is 0 Å². The molecule has 0 saturated heterocycles. The number of imide groups is 1. The second kappa shape index (κ2) is 6.50. The van der Waals surface area contributed by atoms with E-state index in [0.717, 1.165) is 10.5 Å². The van der Waals surface area contributed by atoms with Crippen LogP contribution >= 0.6 is 0 Å². The molecule has 24 heavy (non-hydrogen) atoms. The number of hydrogen-bond acceptors (Lipinski definition) is 4. The molecule has 0 bridgehead atoms. The number of benzene rings is 2. The third kappa shape index (κ3) is 2.72. The number of amides is 2. The Hall–Kier alpha value is -3.21. The largest absolute Gasteiger partial charge is 0.456 e. The minimum absolute atomic E-state index is 0.0696. The van der Waals surface area contributed by atoms with Crippen LogP contribution in [0, 0.1) is 0 Å². The topological polar surface area (TPSA) is 63.7 Å². The van der Waals surface area contributed by atoms with Crippen LogP contribution in [0.4, 0.5) is 0 Å². The molecule has 1 heterocycles. The van der Waals surface area contributed by atoms with Gasteiger partial charge in [-0.15, -0.1) is 0 Å². The smallest absolute Gasteiger partial charge is 0.355 e. The van der Waals surface area contributed by atoms with E-state index in [1.54, 1.807) is 31.2 Å². The van der Waals surface area contributed by atoms with E-state index >= 15 is 0 Å². The molecule has 0 fully saturated rings. The van der Waals surface area contributed by atoms with Gasteiger partial charge in [0.05, 0.1) is 11.1 Å². The van der Waals surface area contributed by atoms with Crippen LogP contribution in [0.25, 0.3) is 0 Å². The van der Waals surface area contributed by atoms with Crippen molar-refractivity contribution in [3.05, 3.63) is 83.1 Å². The second-order valence-corrected chi connectivity index (χ2v) is 5.23. The van der Waals surface area contributed by atoms with Crippen molar-refractivity contribution in [2.45, 2.75) is 13.5 Å². The van der Waals surface area contributed by atoms with Gasteiger partial charge in [0, 0.05) is 0 Å². The number of carbonyl (C=O) groups excluding carboxylic acids is 3. The molecule has 0 aromatic heterocycles. The first-order chi connectivity index (χ1) is 11.6. The third-order valence-corrected chi connectivity index (χ3v) is 3.73. The molecular weight excluding hydrogens is 306 g/mol. The summed E-state index contributed by atoms with van der Waals surface area (Å²) in [5, 5.41) is 0. The lowest BCUT2D eigenvalue weighted by molar-refractivity contribution is -0.141. The third-order valence-electron chi connectivity index (χ3n) is 3.73. The van der Waals surface area contributed by atoms with Crippen LogP contribution in [-0.2, 0) is 16.1 Å². The van der Waals surface area contributed by atoms with E-state index in [1.807, 2.05) is 30.3 Å². The lowest BCUT2D eigenvalue weighted by Gasteiger charge is -2.16. The van der Waals surface area contributed by atoms with E-state index in [-0.39, 0.29) is 23.4 Å². The van der Waals surface area contributed by atoms with Gasteiger partial charge in [0.15, 0.2) is 0 Å². The van der Waals surface area contributed by atoms with Crippen LogP contribution in [0.5, 0.6) is 0 Å². The van der Waals surface area contributed by atoms with Crippen molar-refractivity contribution >= 4 is 17.8 Å². The van der Waals surface area contributed by atoms with Gasteiger partial charge in [-0.1, -0.05) is 48.5 Å². The first-order valence-electron chi connectivity index (χ1n) is 7.48. The highest BCUT2D eigenvalue weighted by Crippen LogP contribution is 2.26. The summed E-state index contributed by atoms with van der Waals surface area (Å²) >= 11 is 0. The van der Waals surface area contributed by atoms with Crippen LogP contribution in [-0.4, -0.2) is 22.7 Å². The van der Waals surface area contributed by atoms with E-state index in [1.165, 1.54) is 6.08 Å². The SMILES string of the molecule is C/C=C(\C(=O)OCc1ccccc1)N1C(=O)c2ccccc2C1=O. The standard InChI is InChI=1S/C19H15NO4/c1-2-16(19(23)24-12-13-8-4-3-5-9-13)20-17(21)14-10-6-7-11-15(14)18(20)22/h2-11H,12H2,1H3/b16-2+. The average Bonchev–Trinajstić information content (AvgIpc) is 2.87. The Bertz CT molecular complexity index is 804. The first-order valence-corrected chi connectivity index (χ1v) is 7.48. The van der Waals surface area contributed by atoms with Crippen molar-refractivity contribution in [1.82, 2.24) is 4.90 Å². The molecule has 0 unspecified atom stereocenters. The zero-order valence-electron chi connectivity index (χ0n) is 13.1. The molecule has 5 heteroatoms. The Labute approximate surface area is 139 Å². The zero-order valence-corrected chi connectivity index (χ0v) is 13.1. The molecule has 0 atom stereocenters. The van der Waals surface area contributed by atoms with Gasteiger partial charge in [-0.25, -0.2) is 9.69 Å². The summed E-state index contributed by atoms with van der Waals surface area (Å²) in [5.74, 6) is -1.74. The summed E-state index contributed by atoms with van der Waals surface area (Å²) in [5.41, 5.74) is 1.33. The minimum atomic E-state index is -0.712. The first kappa shape index (κ1) is 15.7. The number of nitrogens with zero attached hydrogens (tertiary/aromatic N) is 1. The highest BCUT2D eigenvalue weighted by molar-refractivity contribution is 6.24. The molecule has 0 spiro atoms. The Morgan fingerprint density at radius 3 is 2.04 bits per heavy atom. The molecule has 0 radical (unpaired) electrons. The fourth-order valence-corrected chi connectivity index (χ4v) is 2.54. The maximum atomic E-state index is 12.4. The van der Waals surface area contributed by atoms with Crippen LogP contribution in [0.15, 0.2) is 66.4 Å². The highest BCUT2D eigenvalue weighted by atomic mass is 16.5. The molecule has 0 aliphatic carbocycles. The Morgan fingerprint density at radius 2 is 1.50 bits per heavy atom. The van der Waals surface area contributed by atoms with Crippen molar-refractivity contribution in [2.24, 2.45) is 0 Å². The van der Waals surface area contributed by atoms with Gasteiger partial charge in [0.25, 0.3) is 11.8 Å². The van der Waals surface area contributed by atoms with Crippen LogP contribution < -0.4 is 0 Å². The summed E-state index contributed by atoms with van der Waals surface area (Å²) in [4.78, 5) is 38.1. The van der Waals surface area contributed by atoms with E-state index in [2.05, 4.69) is 0 Å². The number of rotatable bonds is 4. The summed E-state index contributed by atoms with van der Waals surface area (Å²) in [6, 6.07) is 15.7. The number of fused-ring (bicyclic) bond motifs is 1. The molecule has 5 nitrogen and oxygen atoms in total. The molecule has 3 rings (SSSR count). The van der Waals surface area contributed by atoms with Crippen molar-refractivity contribution in [2.75, 3.05) is 0 Å². The van der Waals surface area contributed by atoms with Crippen LogP contribution in [0.2, 0.25) is 0 Å². The maximum Gasteiger partial charge on any atom is 0.355 e. The number of esters is 1. The van der Waals surface area contributed by atoms with Crippen molar-refractivity contribution in [1.29, 1.82) is 0 Å². The van der Waals surface area contributed by atoms with E-state index in [9.17, 15) is 14.4 Å². The summed E-state index contributed by atoms with van der Waals surface area (Å²) in [6.07, 6.45) is 1.41. The van der Waals surface area contributed by atoms with Gasteiger partial charge in [0.2, 0.25) is 0 Å². The number of ether oxygens (including phenoxy) is 1. The van der Waals surface area contributed by atoms with E-state index < -0.39 is 17.8 Å². The predicted octanol–water partition coefficient (Wildman–Crippen LogP) is 2.93. The molecule has 1 aliphatic heterocycles. The Kier molecular flexibility index (Phi) is 4.24. The minimum Gasteiger partial charge on any atom is -0.456 e. The summed E-state index contributed by atoms with van der Waals surface area (Å²) in [6.45, 7) is 1.66. The molecular formula is C19H15NO4.